The monoisotopic (exact) mass is 425 g/mol. The molecule has 0 bridgehead atoms. The molecule has 0 unspecified atom stereocenters. The number of rotatable bonds is 6. The van der Waals surface area contributed by atoms with Gasteiger partial charge >= 0.3 is 5.97 Å². The number of nitrogens with zero attached hydrogens (tertiary/aromatic N) is 3. The fourth-order valence-electron chi connectivity index (χ4n) is 3.74. The quantitative estimate of drug-likeness (QED) is 0.600. The fourth-order valence-corrected chi connectivity index (χ4v) is 5.37. The maximum absolute atomic E-state index is 13.0. The first-order valence-corrected chi connectivity index (χ1v) is 11.2. The van der Waals surface area contributed by atoms with Crippen LogP contribution < -0.4 is 0 Å². The lowest BCUT2D eigenvalue weighted by Crippen LogP contribution is -2.50. The highest BCUT2D eigenvalue weighted by molar-refractivity contribution is 7.92. The van der Waals surface area contributed by atoms with Crippen molar-refractivity contribution in [2.45, 2.75) is 32.7 Å². The first kappa shape index (κ1) is 23.2. The van der Waals surface area contributed by atoms with E-state index in [1.54, 1.807) is 49.5 Å². The summed E-state index contributed by atoms with van der Waals surface area (Å²) in [6.07, 6.45) is 9.32. The number of piperidine rings is 1. The maximum atomic E-state index is 13.0. The molecule has 0 N–H and O–H groups in total. The number of carbonyl (C=O) groups is 2. The highest BCUT2D eigenvalue weighted by atomic mass is 32.2. The summed E-state index contributed by atoms with van der Waals surface area (Å²) in [5.74, 6) is -1.00. The van der Waals surface area contributed by atoms with Crippen LogP contribution in [0.1, 0.15) is 26.7 Å². The minimum Gasteiger partial charge on any atom is -0.467 e. The molecule has 0 aromatic carbocycles. The molecule has 162 valence electrons. The minimum absolute atomic E-state index is 0.0873. The van der Waals surface area contributed by atoms with E-state index in [0.717, 1.165) is 0 Å². The van der Waals surface area contributed by atoms with Crippen LogP contribution in [0, 0.1) is 11.8 Å². The lowest BCUT2D eigenvalue weighted by atomic mass is 9.94. The van der Waals surface area contributed by atoms with Crippen LogP contribution >= 0.6 is 0 Å². The second-order valence-corrected chi connectivity index (χ2v) is 9.57. The Kier molecular flexibility index (Phi) is 7.65. The van der Waals surface area contributed by atoms with Gasteiger partial charge in [0.15, 0.2) is 0 Å². The number of methoxy groups -OCH3 is 1. The summed E-state index contributed by atoms with van der Waals surface area (Å²) in [5, 5.41) is 0.204. The predicted octanol–water partition coefficient (Wildman–Crippen LogP) is 1.54. The predicted molar refractivity (Wildman–Crippen MR) is 111 cm³/mol. The van der Waals surface area contributed by atoms with Crippen LogP contribution in [-0.4, -0.2) is 74.7 Å². The van der Waals surface area contributed by atoms with Gasteiger partial charge in [-0.3, -0.25) is 4.79 Å². The third-order valence-electron chi connectivity index (χ3n) is 5.36. The summed E-state index contributed by atoms with van der Waals surface area (Å²) >= 11 is 0. The first-order chi connectivity index (χ1) is 13.6. The Labute approximate surface area is 173 Å². The molecule has 2 aliphatic heterocycles. The number of likely N-dealkylation sites (N-methyl/N-ethyl adjacent to an activating group) is 1. The van der Waals surface area contributed by atoms with Crippen molar-refractivity contribution in [2.75, 3.05) is 34.3 Å². The normalized spacial score (nSPS) is 19.7. The molecular formula is C20H31N3O5S. The average molecular weight is 426 g/mol. The van der Waals surface area contributed by atoms with Crippen LogP contribution in [0.15, 0.2) is 35.5 Å². The van der Waals surface area contributed by atoms with Crippen molar-refractivity contribution in [1.82, 2.24) is 14.1 Å². The van der Waals surface area contributed by atoms with E-state index in [2.05, 4.69) is 0 Å². The Morgan fingerprint density at radius 3 is 2.34 bits per heavy atom. The van der Waals surface area contributed by atoms with Gasteiger partial charge in [0, 0.05) is 39.3 Å². The molecule has 0 saturated carbocycles. The summed E-state index contributed by atoms with van der Waals surface area (Å²) in [4.78, 5) is 28.0. The van der Waals surface area contributed by atoms with Gasteiger partial charge in [0.2, 0.25) is 5.91 Å². The summed E-state index contributed by atoms with van der Waals surface area (Å²) in [6, 6.07) is -0.655. The van der Waals surface area contributed by atoms with Crippen LogP contribution in [0.3, 0.4) is 0 Å². The van der Waals surface area contributed by atoms with E-state index in [0.29, 0.717) is 12.8 Å². The molecule has 1 saturated heterocycles. The first-order valence-electron chi connectivity index (χ1n) is 9.74. The van der Waals surface area contributed by atoms with Gasteiger partial charge in [-0.05, 0) is 30.9 Å². The summed E-state index contributed by atoms with van der Waals surface area (Å²) in [6.45, 7) is 4.24. The van der Waals surface area contributed by atoms with E-state index in [-0.39, 0.29) is 35.9 Å². The molecule has 0 aromatic heterocycles. The van der Waals surface area contributed by atoms with Crippen LogP contribution in [-0.2, 0) is 24.3 Å². The minimum atomic E-state index is -3.66. The summed E-state index contributed by atoms with van der Waals surface area (Å²) < 4.78 is 32.3. The van der Waals surface area contributed by atoms with Gasteiger partial charge in [-0.25, -0.2) is 13.2 Å². The molecular weight excluding hydrogens is 394 g/mol. The van der Waals surface area contributed by atoms with Crippen molar-refractivity contribution in [1.29, 1.82) is 0 Å². The molecule has 9 heteroatoms. The Hall–Kier alpha value is -2.13. The van der Waals surface area contributed by atoms with Crippen molar-refractivity contribution in [3.8, 4) is 0 Å². The van der Waals surface area contributed by atoms with Crippen LogP contribution in [0.2, 0.25) is 0 Å². The molecule has 8 nitrogen and oxygen atoms in total. The molecule has 29 heavy (non-hydrogen) atoms. The molecule has 1 fully saturated rings. The average Bonchev–Trinajstić information content (AvgIpc) is 2.91. The van der Waals surface area contributed by atoms with E-state index in [1.165, 1.54) is 16.3 Å². The van der Waals surface area contributed by atoms with Gasteiger partial charge in [0.1, 0.15) is 11.1 Å². The molecule has 2 rings (SSSR count). The van der Waals surface area contributed by atoms with Crippen molar-refractivity contribution in [3.63, 3.8) is 0 Å². The standard InChI is InChI=1S/C20H31N3O5S/c1-15(2)18(20(25)28-5)22(4)19(24)16-10-13-23(14-11-16)29(26,27)17-9-7-6-8-12-21(17)3/h6-9,12,15-16,18H,10-11,13-14H2,1-5H3/t18-/m0/s1. The lowest BCUT2D eigenvalue weighted by Gasteiger charge is -2.36. The van der Waals surface area contributed by atoms with Crippen molar-refractivity contribution in [3.05, 3.63) is 35.5 Å². The number of carbonyl (C=O) groups excluding carboxylic acids is 2. The smallest absolute Gasteiger partial charge is 0.328 e. The van der Waals surface area contributed by atoms with Crippen LogP contribution in [0.25, 0.3) is 0 Å². The Balaban J connectivity index is 2.07. The zero-order valence-corrected chi connectivity index (χ0v) is 18.6. The Morgan fingerprint density at radius 1 is 1.17 bits per heavy atom. The zero-order valence-electron chi connectivity index (χ0n) is 17.7. The largest absolute Gasteiger partial charge is 0.467 e. The van der Waals surface area contributed by atoms with Gasteiger partial charge in [0.05, 0.1) is 7.11 Å². The molecule has 0 aliphatic carbocycles. The number of hydrogen-bond acceptors (Lipinski definition) is 6. The number of sulfonamides is 1. The number of esters is 1. The second kappa shape index (κ2) is 9.58. The van der Waals surface area contributed by atoms with Gasteiger partial charge in [-0.2, -0.15) is 4.31 Å². The summed E-state index contributed by atoms with van der Waals surface area (Å²) in [5.41, 5.74) is 0. The number of ether oxygens (including phenoxy) is 1. The van der Waals surface area contributed by atoms with Gasteiger partial charge in [-0.15, -0.1) is 0 Å². The van der Waals surface area contributed by atoms with E-state index < -0.39 is 22.0 Å². The van der Waals surface area contributed by atoms with E-state index >= 15 is 0 Å². The van der Waals surface area contributed by atoms with E-state index in [9.17, 15) is 18.0 Å². The molecule has 0 spiro atoms. The summed E-state index contributed by atoms with van der Waals surface area (Å²) in [7, 11) is 0.953. The molecule has 0 radical (unpaired) electrons. The van der Waals surface area contributed by atoms with E-state index in [1.807, 2.05) is 13.8 Å². The highest BCUT2D eigenvalue weighted by Gasteiger charge is 2.38. The van der Waals surface area contributed by atoms with Crippen molar-refractivity contribution < 1.29 is 22.7 Å². The third kappa shape index (κ3) is 5.08. The SMILES string of the molecule is COC(=O)[C@H](C(C)C)N(C)C(=O)C1CCN(S(=O)(=O)C2=CC=CC=CN2C)CC1. The topological polar surface area (TPSA) is 87.2 Å². The number of amides is 1. The maximum Gasteiger partial charge on any atom is 0.328 e. The van der Waals surface area contributed by atoms with Crippen molar-refractivity contribution >= 4 is 21.9 Å². The van der Waals surface area contributed by atoms with Crippen LogP contribution in [0.5, 0.6) is 0 Å². The molecule has 2 aliphatic rings. The van der Waals surface area contributed by atoms with Gasteiger partial charge in [-0.1, -0.05) is 26.0 Å². The zero-order chi connectivity index (χ0) is 21.8. The second-order valence-electron chi connectivity index (χ2n) is 7.68. The van der Waals surface area contributed by atoms with E-state index in [4.69, 9.17) is 4.74 Å². The lowest BCUT2D eigenvalue weighted by molar-refractivity contribution is -0.155. The molecule has 0 aromatic rings. The van der Waals surface area contributed by atoms with Crippen LogP contribution in [0.4, 0.5) is 0 Å². The number of hydrogen-bond donors (Lipinski definition) is 0. The Bertz CT molecular complexity index is 808. The molecule has 2 heterocycles. The van der Waals surface area contributed by atoms with Gasteiger partial charge < -0.3 is 14.5 Å². The number of allylic oxidation sites excluding steroid dienone is 4. The highest BCUT2D eigenvalue weighted by Crippen LogP contribution is 2.27. The Morgan fingerprint density at radius 2 is 1.79 bits per heavy atom. The van der Waals surface area contributed by atoms with Crippen molar-refractivity contribution in [2.24, 2.45) is 11.8 Å². The van der Waals surface area contributed by atoms with Gasteiger partial charge in [0.25, 0.3) is 10.0 Å². The molecule has 1 atom stereocenters. The molecule has 1 amide bonds. The third-order valence-corrected chi connectivity index (χ3v) is 7.36. The fraction of sp³-hybridized carbons (Fsp3) is 0.600.